The fourth-order valence-electron chi connectivity index (χ4n) is 1.84. The second kappa shape index (κ2) is 5.83. The molecule has 1 aromatic heterocycles. The smallest absolute Gasteiger partial charge is 0.265 e. The summed E-state index contributed by atoms with van der Waals surface area (Å²) in [4.78, 5) is 18.7. The molecule has 0 unspecified atom stereocenters. The molecule has 1 heterocycles. The van der Waals surface area contributed by atoms with Crippen LogP contribution in [0.25, 0.3) is 0 Å². The van der Waals surface area contributed by atoms with Crippen LogP contribution in [0.5, 0.6) is 0 Å². The highest BCUT2D eigenvalue weighted by molar-refractivity contribution is 9.10. The molecule has 0 saturated carbocycles. The predicted molar refractivity (Wildman–Crippen MR) is 75.8 cm³/mol. The molecule has 0 aliphatic rings. The van der Waals surface area contributed by atoms with Gasteiger partial charge in [-0.05, 0) is 33.5 Å². The molecule has 0 aliphatic carbocycles. The van der Waals surface area contributed by atoms with Crippen molar-refractivity contribution in [1.29, 1.82) is 0 Å². The molecule has 1 aromatic carbocycles. The van der Waals surface area contributed by atoms with Gasteiger partial charge in [0.1, 0.15) is 21.9 Å². The van der Waals surface area contributed by atoms with E-state index in [4.69, 9.17) is 0 Å². The lowest BCUT2D eigenvalue weighted by atomic mass is 10.1. The van der Waals surface area contributed by atoms with E-state index in [1.165, 1.54) is 12.1 Å². The zero-order chi connectivity index (χ0) is 14.9. The SMILES string of the molecule is CC(C)c1nc(Cc2ccc(F)cc2F)[nH]c(=O)c1Br. The van der Waals surface area contributed by atoms with Crippen molar-refractivity contribution in [3.8, 4) is 0 Å². The summed E-state index contributed by atoms with van der Waals surface area (Å²) < 4.78 is 26.8. The van der Waals surface area contributed by atoms with Gasteiger partial charge in [-0.3, -0.25) is 4.79 Å². The Bertz CT molecular complexity index is 698. The van der Waals surface area contributed by atoms with E-state index in [9.17, 15) is 13.6 Å². The molecule has 0 saturated heterocycles. The number of halogens is 3. The summed E-state index contributed by atoms with van der Waals surface area (Å²) in [6.45, 7) is 3.82. The molecule has 106 valence electrons. The van der Waals surface area contributed by atoms with Crippen LogP contribution in [-0.2, 0) is 6.42 Å². The molecule has 2 aromatic rings. The Balaban J connectivity index is 2.41. The maximum Gasteiger partial charge on any atom is 0.265 e. The van der Waals surface area contributed by atoms with Gasteiger partial charge in [0, 0.05) is 12.5 Å². The fraction of sp³-hybridized carbons (Fsp3) is 0.286. The predicted octanol–water partition coefficient (Wildman–Crippen LogP) is 3.52. The Kier molecular flexibility index (Phi) is 4.32. The van der Waals surface area contributed by atoms with E-state index < -0.39 is 11.6 Å². The van der Waals surface area contributed by atoms with Crippen molar-refractivity contribution in [2.45, 2.75) is 26.2 Å². The van der Waals surface area contributed by atoms with Gasteiger partial charge >= 0.3 is 0 Å². The molecule has 20 heavy (non-hydrogen) atoms. The molecular weight excluding hydrogens is 330 g/mol. The largest absolute Gasteiger partial charge is 0.309 e. The highest BCUT2D eigenvalue weighted by atomic mass is 79.9. The van der Waals surface area contributed by atoms with Crippen molar-refractivity contribution in [2.24, 2.45) is 0 Å². The standard InChI is InChI=1S/C14H13BrF2N2O/c1-7(2)13-12(15)14(20)19-11(18-13)5-8-3-4-9(16)6-10(8)17/h3-4,6-7H,5H2,1-2H3,(H,18,19,20). The van der Waals surface area contributed by atoms with Gasteiger partial charge in [-0.2, -0.15) is 0 Å². The van der Waals surface area contributed by atoms with Crippen molar-refractivity contribution < 1.29 is 8.78 Å². The quantitative estimate of drug-likeness (QED) is 0.927. The van der Waals surface area contributed by atoms with Gasteiger partial charge in [-0.15, -0.1) is 0 Å². The van der Waals surface area contributed by atoms with E-state index >= 15 is 0 Å². The third kappa shape index (κ3) is 3.12. The molecule has 0 bridgehead atoms. The van der Waals surface area contributed by atoms with Crippen molar-refractivity contribution in [2.75, 3.05) is 0 Å². The van der Waals surface area contributed by atoms with E-state index in [0.717, 1.165) is 6.07 Å². The van der Waals surface area contributed by atoms with Crippen LogP contribution in [0.4, 0.5) is 8.78 Å². The van der Waals surface area contributed by atoms with Crippen LogP contribution in [-0.4, -0.2) is 9.97 Å². The zero-order valence-corrected chi connectivity index (χ0v) is 12.6. The summed E-state index contributed by atoms with van der Waals surface area (Å²) in [5.41, 5.74) is 0.596. The summed E-state index contributed by atoms with van der Waals surface area (Å²) in [5.74, 6) is -0.871. The van der Waals surface area contributed by atoms with Crippen molar-refractivity contribution in [3.63, 3.8) is 0 Å². The maximum absolute atomic E-state index is 13.6. The number of benzene rings is 1. The number of H-pyrrole nitrogens is 1. The molecule has 0 radical (unpaired) electrons. The number of hydrogen-bond donors (Lipinski definition) is 1. The Morgan fingerprint density at radius 3 is 2.65 bits per heavy atom. The molecular formula is C14H13BrF2N2O. The van der Waals surface area contributed by atoms with E-state index in [0.29, 0.717) is 16.0 Å². The number of rotatable bonds is 3. The molecule has 0 fully saturated rings. The Labute approximate surface area is 123 Å². The normalized spacial score (nSPS) is 11.1. The number of aromatic amines is 1. The van der Waals surface area contributed by atoms with Crippen molar-refractivity contribution in [1.82, 2.24) is 9.97 Å². The first-order valence-electron chi connectivity index (χ1n) is 6.11. The lowest BCUT2D eigenvalue weighted by Crippen LogP contribution is -2.17. The van der Waals surface area contributed by atoms with E-state index in [-0.39, 0.29) is 23.5 Å². The van der Waals surface area contributed by atoms with Gasteiger partial charge in [0.05, 0.1) is 5.69 Å². The molecule has 1 N–H and O–H groups in total. The first kappa shape index (κ1) is 14.8. The molecule has 0 aliphatic heterocycles. The van der Waals surface area contributed by atoms with Crippen LogP contribution in [0, 0.1) is 11.6 Å². The van der Waals surface area contributed by atoms with Crippen LogP contribution < -0.4 is 5.56 Å². The third-order valence-electron chi connectivity index (χ3n) is 2.86. The summed E-state index contributed by atoms with van der Waals surface area (Å²) in [6, 6.07) is 3.34. The summed E-state index contributed by atoms with van der Waals surface area (Å²) >= 11 is 3.19. The van der Waals surface area contributed by atoms with Crippen LogP contribution in [0.15, 0.2) is 27.5 Å². The first-order chi connectivity index (χ1) is 9.38. The Morgan fingerprint density at radius 1 is 1.35 bits per heavy atom. The van der Waals surface area contributed by atoms with Gasteiger partial charge < -0.3 is 4.98 Å². The van der Waals surface area contributed by atoms with Crippen LogP contribution in [0.3, 0.4) is 0 Å². The van der Waals surface area contributed by atoms with Gasteiger partial charge in [0.15, 0.2) is 0 Å². The van der Waals surface area contributed by atoms with E-state index in [1.54, 1.807) is 0 Å². The fourth-order valence-corrected chi connectivity index (χ4v) is 2.48. The van der Waals surface area contributed by atoms with Crippen molar-refractivity contribution >= 4 is 15.9 Å². The third-order valence-corrected chi connectivity index (χ3v) is 3.62. The number of nitrogens with one attached hydrogen (secondary N) is 1. The lowest BCUT2D eigenvalue weighted by Gasteiger charge is -2.09. The Morgan fingerprint density at radius 2 is 2.05 bits per heavy atom. The van der Waals surface area contributed by atoms with E-state index in [2.05, 4.69) is 25.9 Å². The molecule has 0 amide bonds. The van der Waals surface area contributed by atoms with Crippen LogP contribution >= 0.6 is 15.9 Å². The molecule has 2 rings (SSSR count). The summed E-state index contributed by atoms with van der Waals surface area (Å²) in [7, 11) is 0. The molecule has 6 heteroatoms. The number of aromatic nitrogens is 2. The average Bonchev–Trinajstić information content (AvgIpc) is 2.36. The van der Waals surface area contributed by atoms with Gasteiger partial charge in [0.25, 0.3) is 5.56 Å². The molecule has 0 atom stereocenters. The topological polar surface area (TPSA) is 45.8 Å². The van der Waals surface area contributed by atoms with Gasteiger partial charge in [0.2, 0.25) is 0 Å². The van der Waals surface area contributed by atoms with Crippen molar-refractivity contribution in [3.05, 3.63) is 61.7 Å². The minimum absolute atomic E-state index is 0.0588. The van der Waals surface area contributed by atoms with Gasteiger partial charge in [-0.25, -0.2) is 13.8 Å². The average molecular weight is 343 g/mol. The maximum atomic E-state index is 13.6. The highest BCUT2D eigenvalue weighted by Gasteiger charge is 2.13. The van der Waals surface area contributed by atoms with Gasteiger partial charge in [-0.1, -0.05) is 19.9 Å². The second-order valence-electron chi connectivity index (χ2n) is 4.78. The summed E-state index contributed by atoms with van der Waals surface area (Å²) in [6.07, 6.45) is 0.106. The zero-order valence-electron chi connectivity index (χ0n) is 11.0. The van der Waals surface area contributed by atoms with E-state index in [1.807, 2.05) is 13.8 Å². The first-order valence-corrected chi connectivity index (χ1v) is 6.90. The Hall–Kier alpha value is -1.56. The number of hydrogen-bond acceptors (Lipinski definition) is 2. The van der Waals surface area contributed by atoms with Crippen LogP contribution in [0.2, 0.25) is 0 Å². The minimum Gasteiger partial charge on any atom is -0.309 e. The lowest BCUT2D eigenvalue weighted by molar-refractivity contribution is 0.573. The monoisotopic (exact) mass is 342 g/mol. The molecule has 3 nitrogen and oxygen atoms in total. The minimum atomic E-state index is -0.651. The number of nitrogens with zero attached hydrogens (tertiary/aromatic N) is 1. The second-order valence-corrected chi connectivity index (χ2v) is 5.57. The highest BCUT2D eigenvalue weighted by Crippen LogP contribution is 2.20. The molecule has 0 spiro atoms. The van der Waals surface area contributed by atoms with Crippen LogP contribution in [0.1, 0.15) is 36.8 Å². The summed E-state index contributed by atoms with van der Waals surface area (Å²) in [5, 5.41) is 0.